The van der Waals surface area contributed by atoms with Crippen LogP contribution in [0.1, 0.15) is 13.8 Å². The molecule has 4 unspecified atom stereocenters. The zero-order chi connectivity index (χ0) is 7.02. The highest BCUT2D eigenvalue weighted by molar-refractivity contribution is 4.79. The lowest BCUT2D eigenvalue weighted by atomic mass is 10.0. The second kappa shape index (κ2) is 2.25. The lowest BCUT2D eigenvalue weighted by Crippen LogP contribution is -2.24. The Labute approximate surface area is 54.3 Å². The van der Waals surface area contributed by atoms with Gasteiger partial charge in [0, 0.05) is 5.92 Å². The molecule has 1 aliphatic heterocycles. The molecule has 1 aliphatic rings. The fraction of sp³-hybridized carbons (Fsp3) is 1.00. The standard InChI is InChI=1S/C6H12O3/c1-3-4(2)9-6(8)5(3)7/h3-8H,1-2H3. The van der Waals surface area contributed by atoms with Crippen molar-refractivity contribution in [3.05, 3.63) is 0 Å². The molecule has 0 aromatic rings. The molecule has 0 amide bonds. The Morgan fingerprint density at radius 3 is 1.89 bits per heavy atom. The summed E-state index contributed by atoms with van der Waals surface area (Å²) >= 11 is 0. The summed E-state index contributed by atoms with van der Waals surface area (Å²) in [5.74, 6) is 0.0417. The summed E-state index contributed by atoms with van der Waals surface area (Å²) < 4.78 is 4.89. The number of rotatable bonds is 0. The van der Waals surface area contributed by atoms with Crippen LogP contribution in [0.2, 0.25) is 0 Å². The Bertz CT molecular complexity index is 92.5. The van der Waals surface area contributed by atoms with Crippen LogP contribution in [0.15, 0.2) is 0 Å². The maximum absolute atomic E-state index is 9.06. The maximum Gasteiger partial charge on any atom is 0.181 e. The van der Waals surface area contributed by atoms with Crippen LogP contribution in [-0.4, -0.2) is 28.7 Å². The van der Waals surface area contributed by atoms with Crippen molar-refractivity contribution < 1.29 is 14.9 Å². The van der Waals surface area contributed by atoms with Crippen molar-refractivity contribution in [3.63, 3.8) is 0 Å². The van der Waals surface area contributed by atoms with Crippen molar-refractivity contribution in [2.75, 3.05) is 0 Å². The second-order valence-electron chi connectivity index (χ2n) is 2.58. The summed E-state index contributed by atoms with van der Waals surface area (Å²) in [5, 5.41) is 17.9. The van der Waals surface area contributed by atoms with Gasteiger partial charge in [-0.25, -0.2) is 0 Å². The summed E-state index contributed by atoms with van der Waals surface area (Å²) in [6.45, 7) is 3.69. The molecule has 9 heavy (non-hydrogen) atoms. The van der Waals surface area contributed by atoms with Gasteiger partial charge in [-0.05, 0) is 6.92 Å². The first-order valence-corrected chi connectivity index (χ1v) is 3.14. The van der Waals surface area contributed by atoms with Crippen molar-refractivity contribution in [3.8, 4) is 0 Å². The molecule has 1 fully saturated rings. The summed E-state index contributed by atoms with van der Waals surface area (Å²) in [7, 11) is 0. The van der Waals surface area contributed by atoms with E-state index < -0.39 is 12.4 Å². The molecular weight excluding hydrogens is 120 g/mol. The largest absolute Gasteiger partial charge is 0.387 e. The van der Waals surface area contributed by atoms with Gasteiger partial charge >= 0.3 is 0 Å². The smallest absolute Gasteiger partial charge is 0.181 e. The van der Waals surface area contributed by atoms with Crippen LogP contribution in [0.25, 0.3) is 0 Å². The fourth-order valence-electron chi connectivity index (χ4n) is 0.962. The second-order valence-corrected chi connectivity index (χ2v) is 2.58. The fourth-order valence-corrected chi connectivity index (χ4v) is 0.962. The third-order valence-electron chi connectivity index (χ3n) is 1.93. The van der Waals surface area contributed by atoms with Gasteiger partial charge in [-0.3, -0.25) is 0 Å². The number of aliphatic hydroxyl groups is 2. The Morgan fingerprint density at radius 2 is 1.78 bits per heavy atom. The van der Waals surface area contributed by atoms with E-state index in [2.05, 4.69) is 0 Å². The van der Waals surface area contributed by atoms with Crippen molar-refractivity contribution >= 4 is 0 Å². The Hall–Kier alpha value is -0.120. The van der Waals surface area contributed by atoms with E-state index >= 15 is 0 Å². The number of aliphatic hydroxyl groups excluding tert-OH is 2. The highest BCUT2D eigenvalue weighted by Gasteiger charge is 2.36. The minimum Gasteiger partial charge on any atom is -0.387 e. The zero-order valence-electron chi connectivity index (χ0n) is 5.61. The highest BCUT2D eigenvalue weighted by Crippen LogP contribution is 2.24. The van der Waals surface area contributed by atoms with E-state index in [1.54, 1.807) is 0 Å². The maximum atomic E-state index is 9.06. The summed E-state index contributed by atoms with van der Waals surface area (Å²) in [6.07, 6.45) is -1.72. The van der Waals surface area contributed by atoms with Gasteiger partial charge in [0.05, 0.1) is 6.10 Å². The van der Waals surface area contributed by atoms with Gasteiger partial charge in [0.2, 0.25) is 0 Å². The van der Waals surface area contributed by atoms with E-state index in [1.807, 2.05) is 13.8 Å². The first-order chi connectivity index (χ1) is 4.13. The molecule has 3 nitrogen and oxygen atoms in total. The Balaban J connectivity index is 2.54. The molecule has 0 aromatic carbocycles. The molecule has 4 atom stereocenters. The zero-order valence-corrected chi connectivity index (χ0v) is 5.61. The first kappa shape index (κ1) is 6.99. The van der Waals surface area contributed by atoms with Crippen molar-refractivity contribution in [1.82, 2.24) is 0 Å². The topological polar surface area (TPSA) is 49.7 Å². The van der Waals surface area contributed by atoms with Gasteiger partial charge in [-0.1, -0.05) is 6.92 Å². The third kappa shape index (κ3) is 1.08. The quantitative estimate of drug-likeness (QED) is 0.476. The van der Waals surface area contributed by atoms with Crippen LogP contribution >= 0.6 is 0 Å². The van der Waals surface area contributed by atoms with Crippen LogP contribution in [0, 0.1) is 5.92 Å². The monoisotopic (exact) mass is 132 g/mol. The Kier molecular flexibility index (Phi) is 1.75. The SMILES string of the molecule is CC1OC(O)C(O)C1C. The van der Waals surface area contributed by atoms with E-state index in [4.69, 9.17) is 14.9 Å². The lowest BCUT2D eigenvalue weighted by Gasteiger charge is -2.08. The minimum absolute atomic E-state index is 0.0324. The summed E-state index contributed by atoms with van der Waals surface area (Å²) in [5.41, 5.74) is 0. The molecule has 0 aromatic heterocycles. The number of ether oxygens (including phenoxy) is 1. The number of hydrogen-bond donors (Lipinski definition) is 2. The van der Waals surface area contributed by atoms with Crippen LogP contribution in [0.3, 0.4) is 0 Å². The van der Waals surface area contributed by atoms with Gasteiger partial charge in [-0.2, -0.15) is 0 Å². The molecule has 0 radical (unpaired) electrons. The molecule has 1 saturated heterocycles. The van der Waals surface area contributed by atoms with Crippen LogP contribution < -0.4 is 0 Å². The van der Waals surface area contributed by atoms with Crippen LogP contribution in [0.5, 0.6) is 0 Å². The average Bonchev–Trinajstić information content (AvgIpc) is 1.98. The molecule has 0 aliphatic carbocycles. The Morgan fingerprint density at radius 1 is 1.22 bits per heavy atom. The van der Waals surface area contributed by atoms with Gasteiger partial charge in [0.15, 0.2) is 6.29 Å². The molecular formula is C6H12O3. The van der Waals surface area contributed by atoms with Crippen molar-refractivity contribution in [2.45, 2.75) is 32.3 Å². The molecule has 0 spiro atoms. The van der Waals surface area contributed by atoms with Gasteiger partial charge in [-0.15, -0.1) is 0 Å². The predicted octanol–water partition coefficient (Wildman–Crippen LogP) is -0.279. The average molecular weight is 132 g/mol. The minimum atomic E-state index is -0.977. The molecule has 1 heterocycles. The van der Waals surface area contributed by atoms with Crippen molar-refractivity contribution in [2.24, 2.45) is 5.92 Å². The lowest BCUT2D eigenvalue weighted by molar-refractivity contribution is -0.123. The normalized spacial score (nSPS) is 52.0. The van der Waals surface area contributed by atoms with Crippen LogP contribution in [-0.2, 0) is 4.74 Å². The van der Waals surface area contributed by atoms with E-state index in [0.717, 1.165) is 0 Å². The van der Waals surface area contributed by atoms with E-state index in [-0.39, 0.29) is 12.0 Å². The molecule has 54 valence electrons. The van der Waals surface area contributed by atoms with Crippen LogP contribution in [0.4, 0.5) is 0 Å². The van der Waals surface area contributed by atoms with Crippen molar-refractivity contribution in [1.29, 1.82) is 0 Å². The van der Waals surface area contributed by atoms with E-state index in [0.29, 0.717) is 0 Å². The molecule has 2 N–H and O–H groups in total. The highest BCUT2D eigenvalue weighted by atomic mass is 16.6. The van der Waals surface area contributed by atoms with Gasteiger partial charge < -0.3 is 14.9 Å². The molecule has 3 heteroatoms. The van der Waals surface area contributed by atoms with E-state index in [9.17, 15) is 0 Å². The third-order valence-corrected chi connectivity index (χ3v) is 1.93. The molecule has 0 saturated carbocycles. The first-order valence-electron chi connectivity index (χ1n) is 3.14. The van der Waals surface area contributed by atoms with Gasteiger partial charge in [0.25, 0.3) is 0 Å². The van der Waals surface area contributed by atoms with E-state index in [1.165, 1.54) is 0 Å². The van der Waals surface area contributed by atoms with Gasteiger partial charge in [0.1, 0.15) is 6.10 Å². The predicted molar refractivity (Wildman–Crippen MR) is 31.7 cm³/mol. The summed E-state index contributed by atoms with van der Waals surface area (Å²) in [6, 6.07) is 0. The summed E-state index contributed by atoms with van der Waals surface area (Å²) in [4.78, 5) is 0. The number of hydrogen-bond acceptors (Lipinski definition) is 3. The molecule has 0 bridgehead atoms. The molecule has 1 rings (SSSR count).